The van der Waals surface area contributed by atoms with E-state index >= 15 is 0 Å². The largest absolute Gasteiger partial charge is 0.573 e. The molecule has 1 heterocycles. The fourth-order valence-electron chi connectivity index (χ4n) is 3.47. The van der Waals surface area contributed by atoms with Crippen LogP contribution in [0.3, 0.4) is 0 Å². The molecule has 0 saturated carbocycles. The van der Waals surface area contributed by atoms with Crippen LogP contribution in [-0.4, -0.2) is 41.7 Å². The van der Waals surface area contributed by atoms with Crippen LogP contribution in [0.25, 0.3) is 10.6 Å². The van der Waals surface area contributed by atoms with Crippen molar-refractivity contribution in [3.8, 4) is 22.1 Å². The highest BCUT2D eigenvalue weighted by Crippen LogP contribution is 2.31. The molecule has 0 spiro atoms. The third-order valence-corrected chi connectivity index (χ3v) is 6.19. The summed E-state index contributed by atoms with van der Waals surface area (Å²) in [7, 11) is 0. The van der Waals surface area contributed by atoms with Crippen LogP contribution in [0.4, 0.5) is 13.2 Å². The molecule has 1 aromatic heterocycles. The van der Waals surface area contributed by atoms with Crippen molar-refractivity contribution in [1.29, 1.82) is 0 Å². The number of benzene rings is 2. The first-order valence-electron chi connectivity index (χ1n) is 10.9. The Morgan fingerprint density at radius 1 is 1.14 bits per heavy atom. The molecule has 1 unspecified atom stereocenters. The van der Waals surface area contributed by atoms with Crippen molar-refractivity contribution in [2.45, 2.75) is 46.1 Å². The molecule has 3 rings (SSSR count). The van der Waals surface area contributed by atoms with E-state index in [-0.39, 0.29) is 12.2 Å². The fourth-order valence-corrected chi connectivity index (χ4v) is 4.44. The number of aryl methyl sites for hydroxylation is 2. The first kappa shape index (κ1) is 26.5. The second-order valence-corrected chi connectivity index (χ2v) is 8.98. The lowest BCUT2D eigenvalue weighted by Gasteiger charge is -2.14. The molecule has 0 aliphatic carbocycles. The van der Waals surface area contributed by atoms with Gasteiger partial charge in [0.15, 0.2) is 6.10 Å². The Hall–Kier alpha value is -3.11. The Labute approximate surface area is 205 Å². The summed E-state index contributed by atoms with van der Waals surface area (Å²) in [6.45, 7) is 6.31. The standard InChI is InChI=1S/C25H26F3NO5S/c1-4-32-22(24(30)31)14-17-5-10-21(15(2)13-17)33-12-11-20-16(3)35-23(29-20)18-6-8-19(9-7-18)34-25(26,27)28/h5-10,13,22H,4,11-12,14H2,1-3H3,(H,30,31). The van der Waals surface area contributed by atoms with E-state index in [0.717, 1.165) is 21.7 Å². The number of thiazole rings is 1. The number of hydrogen-bond donors (Lipinski definition) is 1. The van der Waals surface area contributed by atoms with E-state index in [1.807, 2.05) is 32.0 Å². The average molecular weight is 510 g/mol. The van der Waals surface area contributed by atoms with Crippen molar-refractivity contribution in [1.82, 2.24) is 4.98 Å². The summed E-state index contributed by atoms with van der Waals surface area (Å²) in [4.78, 5) is 16.9. The summed E-state index contributed by atoms with van der Waals surface area (Å²) in [5.74, 6) is -0.570. The Bertz CT molecular complexity index is 1140. The van der Waals surface area contributed by atoms with Crippen LogP contribution in [0.1, 0.15) is 28.6 Å². The number of aromatic nitrogens is 1. The van der Waals surface area contributed by atoms with Gasteiger partial charge in [0.25, 0.3) is 0 Å². The van der Waals surface area contributed by atoms with Crippen molar-refractivity contribution in [3.05, 3.63) is 64.2 Å². The molecule has 3 aromatic rings. The van der Waals surface area contributed by atoms with Crippen molar-refractivity contribution in [2.24, 2.45) is 0 Å². The Balaban J connectivity index is 1.58. The van der Waals surface area contributed by atoms with Crippen LogP contribution in [0.2, 0.25) is 0 Å². The number of hydrogen-bond acceptors (Lipinski definition) is 6. The number of rotatable bonds is 11. The quantitative estimate of drug-likeness (QED) is 0.343. The zero-order chi connectivity index (χ0) is 25.6. The normalized spacial score (nSPS) is 12.4. The van der Waals surface area contributed by atoms with E-state index in [9.17, 15) is 23.1 Å². The van der Waals surface area contributed by atoms with E-state index in [1.54, 1.807) is 19.1 Å². The average Bonchev–Trinajstić information content (AvgIpc) is 3.14. The summed E-state index contributed by atoms with van der Waals surface area (Å²) in [6.07, 6.45) is -4.78. The van der Waals surface area contributed by atoms with Crippen LogP contribution in [0, 0.1) is 13.8 Å². The topological polar surface area (TPSA) is 77.9 Å². The molecule has 0 saturated heterocycles. The van der Waals surface area contributed by atoms with Gasteiger partial charge in [-0.2, -0.15) is 0 Å². The number of halogens is 3. The zero-order valence-electron chi connectivity index (χ0n) is 19.5. The third-order valence-electron chi connectivity index (χ3n) is 5.13. The number of carbonyl (C=O) groups is 1. The number of ether oxygens (including phenoxy) is 3. The maximum atomic E-state index is 12.3. The van der Waals surface area contributed by atoms with E-state index in [4.69, 9.17) is 9.47 Å². The molecule has 1 atom stereocenters. The molecule has 0 aliphatic heterocycles. The molecule has 0 radical (unpaired) electrons. The fraction of sp³-hybridized carbons (Fsp3) is 0.360. The lowest BCUT2D eigenvalue weighted by atomic mass is 10.0. The maximum Gasteiger partial charge on any atom is 0.573 e. The molecule has 6 nitrogen and oxygen atoms in total. The third kappa shape index (κ3) is 7.69. The lowest BCUT2D eigenvalue weighted by molar-refractivity contribution is -0.274. The first-order valence-corrected chi connectivity index (χ1v) is 11.8. The molecule has 0 bridgehead atoms. The van der Waals surface area contributed by atoms with Crippen molar-refractivity contribution < 1.29 is 37.3 Å². The summed E-state index contributed by atoms with van der Waals surface area (Å²) in [5, 5.41) is 9.97. The van der Waals surface area contributed by atoms with Crippen LogP contribution < -0.4 is 9.47 Å². The van der Waals surface area contributed by atoms with Gasteiger partial charge < -0.3 is 19.3 Å². The SMILES string of the molecule is CCOC(Cc1ccc(OCCc2nc(-c3ccc(OC(F)(F)F)cc3)sc2C)c(C)c1)C(=O)O. The van der Waals surface area contributed by atoms with Crippen LogP contribution in [0.5, 0.6) is 11.5 Å². The Morgan fingerprint density at radius 3 is 2.46 bits per heavy atom. The number of nitrogens with zero attached hydrogens (tertiary/aromatic N) is 1. The summed E-state index contributed by atoms with van der Waals surface area (Å²) in [5.41, 5.74) is 3.30. The molecule has 10 heteroatoms. The van der Waals surface area contributed by atoms with Gasteiger partial charge in [-0.3, -0.25) is 0 Å². The van der Waals surface area contributed by atoms with Gasteiger partial charge in [0.1, 0.15) is 16.5 Å². The smallest absolute Gasteiger partial charge is 0.493 e. The van der Waals surface area contributed by atoms with Crippen molar-refractivity contribution >= 4 is 17.3 Å². The van der Waals surface area contributed by atoms with Gasteiger partial charge in [-0.25, -0.2) is 9.78 Å². The first-order chi connectivity index (χ1) is 16.6. The number of carboxylic acids is 1. The number of alkyl halides is 3. The minimum absolute atomic E-state index is 0.272. The van der Waals surface area contributed by atoms with E-state index in [0.29, 0.717) is 36.0 Å². The molecular weight excluding hydrogens is 483 g/mol. The van der Waals surface area contributed by atoms with Gasteiger partial charge in [-0.05, 0) is 62.2 Å². The summed E-state index contributed by atoms with van der Waals surface area (Å²) in [6, 6.07) is 11.2. The van der Waals surface area contributed by atoms with Gasteiger partial charge in [0.2, 0.25) is 0 Å². The lowest BCUT2D eigenvalue weighted by Crippen LogP contribution is -2.26. The summed E-state index contributed by atoms with van der Waals surface area (Å²) >= 11 is 1.46. The predicted octanol–water partition coefficient (Wildman–Crippen LogP) is 5.98. The van der Waals surface area contributed by atoms with Crippen molar-refractivity contribution in [3.63, 3.8) is 0 Å². The van der Waals surface area contributed by atoms with Gasteiger partial charge >= 0.3 is 12.3 Å². The Morgan fingerprint density at radius 2 is 1.86 bits per heavy atom. The predicted molar refractivity (Wildman–Crippen MR) is 126 cm³/mol. The molecule has 0 aliphatic rings. The highest BCUT2D eigenvalue weighted by molar-refractivity contribution is 7.15. The summed E-state index contributed by atoms with van der Waals surface area (Å²) < 4.78 is 52.1. The molecule has 188 valence electrons. The maximum absolute atomic E-state index is 12.3. The second-order valence-electron chi connectivity index (χ2n) is 7.78. The van der Waals surface area contributed by atoms with Gasteiger partial charge in [-0.1, -0.05) is 12.1 Å². The molecule has 0 amide bonds. The van der Waals surface area contributed by atoms with Gasteiger partial charge in [-0.15, -0.1) is 24.5 Å². The van der Waals surface area contributed by atoms with Crippen LogP contribution in [-0.2, 0) is 22.4 Å². The van der Waals surface area contributed by atoms with E-state index in [1.165, 1.54) is 23.5 Å². The highest BCUT2D eigenvalue weighted by Gasteiger charge is 2.31. The monoisotopic (exact) mass is 509 g/mol. The number of aliphatic carboxylic acids is 1. The molecule has 2 aromatic carbocycles. The molecule has 1 N–H and O–H groups in total. The van der Waals surface area contributed by atoms with E-state index < -0.39 is 18.4 Å². The van der Waals surface area contributed by atoms with E-state index in [2.05, 4.69) is 9.72 Å². The van der Waals surface area contributed by atoms with Gasteiger partial charge in [0.05, 0.1) is 12.3 Å². The van der Waals surface area contributed by atoms with Crippen molar-refractivity contribution in [2.75, 3.05) is 13.2 Å². The van der Waals surface area contributed by atoms with Crippen LogP contribution >= 0.6 is 11.3 Å². The minimum Gasteiger partial charge on any atom is -0.493 e. The zero-order valence-corrected chi connectivity index (χ0v) is 20.3. The molecular formula is C25H26F3NO5S. The minimum atomic E-state index is -4.73. The number of carboxylic acid groups (broad SMARTS) is 1. The molecule has 35 heavy (non-hydrogen) atoms. The van der Waals surface area contributed by atoms with Crippen LogP contribution in [0.15, 0.2) is 42.5 Å². The highest BCUT2D eigenvalue weighted by atomic mass is 32.1. The second kappa shape index (κ2) is 11.5. The van der Waals surface area contributed by atoms with Gasteiger partial charge in [0, 0.05) is 29.9 Å². The Kier molecular flexibility index (Phi) is 8.74. The molecule has 0 fully saturated rings.